The second-order valence-electron chi connectivity index (χ2n) is 4.42. The Balaban J connectivity index is 2.20. The Bertz CT molecular complexity index is 523. The van der Waals surface area contributed by atoms with Gasteiger partial charge in [-0.15, -0.1) is 0 Å². The number of nitrogens with two attached hydrogens (primary N) is 1. The maximum Gasteiger partial charge on any atom is 0.141 e. The number of pyridine rings is 2. The molecule has 0 amide bonds. The van der Waals surface area contributed by atoms with E-state index in [0.29, 0.717) is 12.1 Å². The molecule has 0 bridgehead atoms. The molecule has 0 saturated carbocycles. The van der Waals surface area contributed by atoms with E-state index in [0.717, 1.165) is 10.2 Å². The number of rotatable bonds is 3. The first-order valence-electron chi connectivity index (χ1n) is 5.49. The van der Waals surface area contributed by atoms with Gasteiger partial charge in [0.2, 0.25) is 0 Å². The van der Waals surface area contributed by atoms with Gasteiger partial charge in [0.05, 0.1) is 17.4 Å². The third-order valence-electron chi connectivity index (χ3n) is 2.65. The van der Waals surface area contributed by atoms with Gasteiger partial charge in [-0.3, -0.25) is 9.97 Å². The second kappa shape index (κ2) is 5.12. The van der Waals surface area contributed by atoms with Gasteiger partial charge in [0.25, 0.3) is 0 Å². The maximum atomic E-state index is 12.8. The molecule has 2 heterocycles. The minimum atomic E-state index is -0.672. The van der Waals surface area contributed by atoms with Crippen molar-refractivity contribution in [2.24, 2.45) is 5.73 Å². The van der Waals surface area contributed by atoms with E-state index in [-0.39, 0.29) is 5.82 Å². The molecule has 2 N–H and O–H groups in total. The van der Waals surface area contributed by atoms with Crippen LogP contribution < -0.4 is 5.73 Å². The van der Waals surface area contributed by atoms with Crippen LogP contribution in [0.4, 0.5) is 4.39 Å². The van der Waals surface area contributed by atoms with Gasteiger partial charge in [0, 0.05) is 22.8 Å². The highest BCUT2D eigenvalue weighted by atomic mass is 79.9. The SMILES string of the molecule is CC(N)(Cc1ccc(Br)cn1)c1ccc(F)cn1. The summed E-state index contributed by atoms with van der Waals surface area (Å²) in [5, 5.41) is 0. The summed E-state index contributed by atoms with van der Waals surface area (Å²) in [6, 6.07) is 6.78. The van der Waals surface area contributed by atoms with Crippen LogP contribution in [0.5, 0.6) is 0 Å². The van der Waals surface area contributed by atoms with Gasteiger partial charge in [0.15, 0.2) is 0 Å². The summed E-state index contributed by atoms with van der Waals surface area (Å²) >= 11 is 3.33. The summed E-state index contributed by atoms with van der Waals surface area (Å²) in [7, 11) is 0. The first-order valence-corrected chi connectivity index (χ1v) is 6.28. The van der Waals surface area contributed by atoms with Gasteiger partial charge in [0.1, 0.15) is 5.82 Å². The summed E-state index contributed by atoms with van der Waals surface area (Å²) < 4.78 is 13.7. The van der Waals surface area contributed by atoms with Crippen molar-refractivity contribution in [3.05, 3.63) is 58.3 Å². The largest absolute Gasteiger partial charge is 0.320 e. The quantitative estimate of drug-likeness (QED) is 0.948. The zero-order valence-corrected chi connectivity index (χ0v) is 11.5. The molecule has 2 aromatic heterocycles. The van der Waals surface area contributed by atoms with Crippen LogP contribution in [0.25, 0.3) is 0 Å². The van der Waals surface area contributed by atoms with E-state index >= 15 is 0 Å². The first-order chi connectivity index (χ1) is 8.47. The summed E-state index contributed by atoms with van der Waals surface area (Å²) in [4.78, 5) is 8.30. The molecule has 1 atom stereocenters. The molecular formula is C13H13BrFN3. The van der Waals surface area contributed by atoms with Crippen molar-refractivity contribution in [1.82, 2.24) is 9.97 Å². The molecule has 0 fully saturated rings. The summed E-state index contributed by atoms with van der Waals surface area (Å²) in [6.45, 7) is 1.86. The average Bonchev–Trinajstić information content (AvgIpc) is 2.32. The molecule has 1 unspecified atom stereocenters. The van der Waals surface area contributed by atoms with Gasteiger partial charge >= 0.3 is 0 Å². The Morgan fingerprint density at radius 2 is 2.00 bits per heavy atom. The highest BCUT2D eigenvalue weighted by Crippen LogP contribution is 2.20. The molecule has 0 aromatic carbocycles. The van der Waals surface area contributed by atoms with Gasteiger partial charge < -0.3 is 5.73 Å². The molecule has 2 rings (SSSR count). The van der Waals surface area contributed by atoms with Crippen molar-refractivity contribution in [3.8, 4) is 0 Å². The van der Waals surface area contributed by atoms with Crippen LogP contribution in [0.2, 0.25) is 0 Å². The fourth-order valence-electron chi connectivity index (χ4n) is 1.69. The summed E-state index contributed by atoms with van der Waals surface area (Å²) in [6.07, 6.45) is 3.44. The zero-order valence-electron chi connectivity index (χ0n) is 9.90. The van der Waals surface area contributed by atoms with E-state index in [1.807, 2.05) is 19.1 Å². The van der Waals surface area contributed by atoms with Crippen LogP contribution in [0.3, 0.4) is 0 Å². The molecule has 0 spiro atoms. The lowest BCUT2D eigenvalue weighted by molar-refractivity contribution is 0.467. The van der Waals surface area contributed by atoms with Crippen LogP contribution in [0.15, 0.2) is 41.1 Å². The standard InChI is InChI=1S/C13H13BrFN3/c1-13(16,12-5-3-10(15)8-18-12)6-11-4-2-9(14)7-17-11/h2-5,7-8H,6,16H2,1H3. The van der Waals surface area contributed by atoms with E-state index in [2.05, 4.69) is 25.9 Å². The molecule has 0 aliphatic rings. The van der Waals surface area contributed by atoms with Gasteiger partial charge in [-0.05, 0) is 47.1 Å². The smallest absolute Gasteiger partial charge is 0.141 e. The fraction of sp³-hybridized carbons (Fsp3) is 0.231. The van der Waals surface area contributed by atoms with Crippen LogP contribution in [-0.4, -0.2) is 9.97 Å². The highest BCUT2D eigenvalue weighted by molar-refractivity contribution is 9.10. The predicted molar refractivity (Wildman–Crippen MR) is 71.4 cm³/mol. The lowest BCUT2D eigenvalue weighted by Crippen LogP contribution is -2.36. The number of halogens is 2. The summed E-state index contributed by atoms with van der Waals surface area (Å²) in [5.41, 5.74) is 7.07. The lowest BCUT2D eigenvalue weighted by atomic mass is 9.92. The third-order valence-corrected chi connectivity index (χ3v) is 3.12. The predicted octanol–water partition coefficient (Wildman–Crippen LogP) is 2.79. The molecule has 0 aliphatic carbocycles. The first kappa shape index (κ1) is 13.1. The van der Waals surface area contributed by atoms with Crippen LogP contribution >= 0.6 is 15.9 Å². The van der Waals surface area contributed by atoms with Crippen molar-refractivity contribution in [2.75, 3.05) is 0 Å². The maximum absolute atomic E-state index is 12.8. The molecule has 94 valence electrons. The van der Waals surface area contributed by atoms with Gasteiger partial charge in [-0.1, -0.05) is 0 Å². The number of nitrogens with zero attached hydrogens (tertiary/aromatic N) is 2. The molecule has 2 aromatic rings. The van der Waals surface area contributed by atoms with Crippen LogP contribution in [-0.2, 0) is 12.0 Å². The lowest BCUT2D eigenvalue weighted by Gasteiger charge is -2.23. The second-order valence-corrected chi connectivity index (χ2v) is 5.34. The Morgan fingerprint density at radius 3 is 2.56 bits per heavy atom. The van der Waals surface area contributed by atoms with E-state index in [1.54, 1.807) is 12.3 Å². The van der Waals surface area contributed by atoms with Crippen molar-refractivity contribution in [2.45, 2.75) is 18.9 Å². The van der Waals surface area contributed by atoms with E-state index in [4.69, 9.17) is 5.73 Å². The number of hydrogen-bond donors (Lipinski definition) is 1. The summed E-state index contributed by atoms with van der Waals surface area (Å²) in [5.74, 6) is -0.365. The Labute approximate surface area is 113 Å². The highest BCUT2D eigenvalue weighted by Gasteiger charge is 2.23. The number of aromatic nitrogens is 2. The van der Waals surface area contributed by atoms with Crippen LogP contribution in [0, 0.1) is 5.82 Å². The molecule has 0 saturated heterocycles. The molecule has 5 heteroatoms. The van der Waals surface area contributed by atoms with E-state index in [9.17, 15) is 4.39 Å². The Kier molecular flexibility index (Phi) is 3.73. The van der Waals surface area contributed by atoms with E-state index < -0.39 is 5.54 Å². The van der Waals surface area contributed by atoms with Crippen molar-refractivity contribution >= 4 is 15.9 Å². The van der Waals surface area contributed by atoms with Crippen molar-refractivity contribution in [3.63, 3.8) is 0 Å². The van der Waals surface area contributed by atoms with Gasteiger partial charge in [-0.2, -0.15) is 0 Å². The molecular weight excluding hydrogens is 297 g/mol. The number of hydrogen-bond acceptors (Lipinski definition) is 3. The van der Waals surface area contributed by atoms with Crippen LogP contribution in [0.1, 0.15) is 18.3 Å². The normalized spacial score (nSPS) is 14.2. The third kappa shape index (κ3) is 3.11. The van der Waals surface area contributed by atoms with Gasteiger partial charge in [-0.25, -0.2) is 4.39 Å². The molecule has 0 aliphatic heterocycles. The Morgan fingerprint density at radius 1 is 1.22 bits per heavy atom. The molecule has 0 radical (unpaired) electrons. The fourth-order valence-corrected chi connectivity index (χ4v) is 1.93. The van der Waals surface area contributed by atoms with Crippen molar-refractivity contribution < 1.29 is 4.39 Å². The monoisotopic (exact) mass is 309 g/mol. The van der Waals surface area contributed by atoms with E-state index in [1.165, 1.54) is 12.3 Å². The average molecular weight is 310 g/mol. The van der Waals surface area contributed by atoms with Crippen molar-refractivity contribution in [1.29, 1.82) is 0 Å². The minimum absolute atomic E-state index is 0.365. The molecule has 3 nitrogen and oxygen atoms in total. The minimum Gasteiger partial charge on any atom is -0.320 e. The molecule has 18 heavy (non-hydrogen) atoms. The zero-order chi connectivity index (χ0) is 13.2. The Hall–Kier alpha value is -1.33. The topological polar surface area (TPSA) is 51.8 Å².